The molecule has 0 amide bonds. The van der Waals surface area contributed by atoms with E-state index < -0.39 is 0 Å². The Morgan fingerprint density at radius 2 is 2.21 bits per heavy atom. The standard InChI is InChI=1S/C8H13N3S.2BrH/c1-6-8(11-5-10-6)7(12)3-2-4-9;;/h5H,2-4,9H2,1H3,(H,10,11);2*1H. The van der Waals surface area contributed by atoms with Gasteiger partial charge in [0.05, 0.1) is 12.0 Å². The monoisotopic (exact) mass is 343 g/mol. The molecule has 0 bridgehead atoms. The number of aromatic nitrogens is 2. The topological polar surface area (TPSA) is 54.7 Å². The highest BCUT2D eigenvalue weighted by molar-refractivity contribution is 8.93. The van der Waals surface area contributed by atoms with Gasteiger partial charge in [0.1, 0.15) is 0 Å². The maximum atomic E-state index is 5.38. The van der Waals surface area contributed by atoms with Gasteiger partial charge in [0.25, 0.3) is 0 Å². The van der Waals surface area contributed by atoms with Crippen molar-refractivity contribution in [3.8, 4) is 0 Å². The molecule has 3 N–H and O–H groups in total. The first-order valence-electron chi connectivity index (χ1n) is 3.99. The van der Waals surface area contributed by atoms with Crippen molar-refractivity contribution >= 4 is 51.0 Å². The number of nitrogens with two attached hydrogens (primary N) is 1. The number of thiocarbonyl (C=S) groups is 1. The number of rotatable bonds is 4. The third-order valence-electron chi connectivity index (χ3n) is 1.70. The van der Waals surface area contributed by atoms with E-state index in [4.69, 9.17) is 18.0 Å². The fourth-order valence-electron chi connectivity index (χ4n) is 1.02. The second-order valence-corrected chi connectivity index (χ2v) is 3.18. The summed E-state index contributed by atoms with van der Waals surface area (Å²) in [5.41, 5.74) is 7.33. The number of aryl methyl sites for hydroxylation is 1. The van der Waals surface area contributed by atoms with E-state index in [9.17, 15) is 0 Å². The van der Waals surface area contributed by atoms with Crippen molar-refractivity contribution in [2.24, 2.45) is 5.73 Å². The van der Waals surface area contributed by atoms with Crippen LogP contribution in [0.25, 0.3) is 0 Å². The van der Waals surface area contributed by atoms with E-state index in [-0.39, 0.29) is 34.0 Å². The third kappa shape index (κ3) is 4.63. The van der Waals surface area contributed by atoms with Gasteiger partial charge in [0.2, 0.25) is 0 Å². The molecule has 1 rings (SSSR count). The zero-order valence-electron chi connectivity index (χ0n) is 7.95. The van der Waals surface area contributed by atoms with E-state index in [0.717, 1.165) is 29.1 Å². The molecule has 14 heavy (non-hydrogen) atoms. The summed E-state index contributed by atoms with van der Waals surface area (Å²) in [5.74, 6) is 0. The van der Waals surface area contributed by atoms with Crippen LogP contribution >= 0.6 is 46.2 Å². The van der Waals surface area contributed by atoms with Crippen molar-refractivity contribution in [3.05, 3.63) is 17.7 Å². The Labute approximate surface area is 110 Å². The van der Waals surface area contributed by atoms with Gasteiger partial charge in [-0.15, -0.1) is 34.0 Å². The Morgan fingerprint density at radius 1 is 1.57 bits per heavy atom. The smallest absolute Gasteiger partial charge is 0.0976 e. The third-order valence-corrected chi connectivity index (χ3v) is 2.10. The lowest BCUT2D eigenvalue weighted by Crippen LogP contribution is -2.05. The summed E-state index contributed by atoms with van der Waals surface area (Å²) in [7, 11) is 0. The van der Waals surface area contributed by atoms with Gasteiger partial charge in [-0.3, -0.25) is 0 Å². The molecule has 0 aliphatic carbocycles. The number of halogens is 2. The lowest BCUT2D eigenvalue weighted by atomic mass is 10.1. The molecule has 0 aliphatic rings. The van der Waals surface area contributed by atoms with Gasteiger partial charge in [-0.05, 0) is 26.3 Å². The van der Waals surface area contributed by atoms with Crippen molar-refractivity contribution in [2.45, 2.75) is 19.8 Å². The quantitative estimate of drug-likeness (QED) is 0.651. The molecule has 1 aromatic heterocycles. The molecule has 0 saturated heterocycles. The number of nitrogens with zero attached hydrogens (tertiary/aromatic N) is 1. The van der Waals surface area contributed by atoms with Gasteiger partial charge in [-0.25, -0.2) is 4.98 Å². The van der Waals surface area contributed by atoms with Crippen molar-refractivity contribution in [2.75, 3.05) is 6.54 Å². The Morgan fingerprint density at radius 3 is 2.64 bits per heavy atom. The average Bonchev–Trinajstić information content (AvgIpc) is 2.47. The molecule has 0 radical (unpaired) electrons. The maximum absolute atomic E-state index is 5.38. The predicted molar refractivity (Wildman–Crippen MR) is 74.0 cm³/mol. The molecule has 0 atom stereocenters. The molecule has 0 saturated carbocycles. The molecule has 6 heteroatoms. The summed E-state index contributed by atoms with van der Waals surface area (Å²) in [6, 6.07) is 0. The zero-order valence-corrected chi connectivity index (χ0v) is 12.2. The van der Waals surface area contributed by atoms with Gasteiger partial charge < -0.3 is 10.7 Å². The van der Waals surface area contributed by atoms with Crippen molar-refractivity contribution in [3.63, 3.8) is 0 Å². The summed E-state index contributed by atoms with van der Waals surface area (Å²) in [6.07, 6.45) is 3.46. The van der Waals surface area contributed by atoms with Gasteiger partial charge in [-0.2, -0.15) is 0 Å². The summed E-state index contributed by atoms with van der Waals surface area (Å²) < 4.78 is 0. The molecule has 82 valence electrons. The van der Waals surface area contributed by atoms with Crippen LogP contribution in [0.4, 0.5) is 0 Å². The first-order chi connectivity index (χ1) is 5.75. The van der Waals surface area contributed by atoms with Crippen LogP contribution < -0.4 is 5.73 Å². The highest BCUT2D eigenvalue weighted by atomic mass is 79.9. The number of nitrogens with one attached hydrogen (secondary N) is 1. The van der Waals surface area contributed by atoms with Gasteiger partial charge in [0.15, 0.2) is 0 Å². The first-order valence-corrected chi connectivity index (χ1v) is 4.39. The zero-order chi connectivity index (χ0) is 8.97. The van der Waals surface area contributed by atoms with Gasteiger partial charge in [-0.1, -0.05) is 12.2 Å². The Balaban J connectivity index is 0. The number of imidazole rings is 1. The van der Waals surface area contributed by atoms with Crippen LogP contribution in [-0.4, -0.2) is 21.4 Å². The fourth-order valence-corrected chi connectivity index (χ4v) is 1.37. The Hall–Kier alpha value is 0.220. The average molecular weight is 345 g/mol. The largest absolute Gasteiger partial charge is 0.348 e. The van der Waals surface area contributed by atoms with Crippen LogP contribution in [0.5, 0.6) is 0 Å². The van der Waals surface area contributed by atoms with Crippen LogP contribution in [0.1, 0.15) is 24.2 Å². The van der Waals surface area contributed by atoms with Crippen LogP contribution in [0, 0.1) is 6.92 Å². The van der Waals surface area contributed by atoms with Crippen LogP contribution in [0.3, 0.4) is 0 Å². The highest BCUT2D eigenvalue weighted by Gasteiger charge is 2.05. The number of aromatic amines is 1. The van der Waals surface area contributed by atoms with E-state index in [1.54, 1.807) is 6.33 Å². The van der Waals surface area contributed by atoms with E-state index in [1.807, 2.05) is 6.92 Å². The summed E-state index contributed by atoms with van der Waals surface area (Å²) in [6.45, 7) is 2.65. The van der Waals surface area contributed by atoms with Crippen molar-refractivity contribution in [1.29, 1.82) is 0 Å². The van der Waals surface area contributed by atoms with E-state index in [0.29, 0.717) is 6.54 Å². The SMILES string of the molecule is Br.Br.Cc1[nH]cnc1C(=S)CCCN. The fraction of sp³-hybridized carbons (Fsp3) is 0.500. The lowest BCUT2D eigenvalue weighted by Gasteiger charge is -1.99. The summed E-state index contributed by atoms with van der Waals surface area (Å²) >= 11 is 5.19. The number of H-pyrrole nitrogens is 1. The maximum Gasteiger partial charge on any atom is 0.0976 e. The molecule has 3 nitrogen and oxygen atoms in total. The minimum atomic E-state index is 0. The molecule has 0 unspecified atom stereocenters. The molecule has 1 heterocycles. The van der Waals surface area contributed by atoms with Crippen LogP contribution in [0.15, 0.2) is 6.33 Å². The second kappa shape index (κ2) is 8.52. The number of hydrogen-bond donors (Lipinski definition) is 2. The first kappa shape index (κ1) is 16.6. The minimum Gasteiger partial charge on any atom is -0.348 e. The van der Waals surface area contributed by atoms with E-state index in [1.165, 1.54) is 0 Å². The normalized spacial score (nSPS) is 8.71. The van der Waals surface area contributed by atoms with Gasteiger partial charge >= 0.3 is 0 Å². The second-order valence-electron chi connectivity index (χ2n) is 2.69. The van der Waals surface area contributed by atoms with E-state index >= 15 is 0 Å². The van der Waals surface area contributed by atoms with E-state index in [2.05, 4.69) is 9.97 Å². The van der Waals surface area contributed by atoms with Crippen LogP contribution in [0.2, 0.25) is 0 Å². The Bertz CT molecular complexity index is 275. The molecule has 0 spiro atoms. The lowest BCUT2D eigenvalue weighted by molar-refractivity contribution is 0.882. The minimum absolute atomic E-state index is 0. The van der Waals surface area contributed by atoms with Gasteiger partial charge in [0, 0.05) is 10.6 Å². The molecule has 0 aromatic carbocycles. The highest BCUT2D eigenvalue weighted by Crippen LogP contribution is 2.06. The summed E-state index contributed by atoms with van der Waals surface area (Å²) in [5, 5.41) is 0. The number of hydrogen-bond acceptors (Lipinski definition) is 3. The molecular weight excluding hydrogens is 330 g/mol. The Kier molecular flexibility index (Phi) is 10.1. The van der Waals surface area contributed by atoms with Crippen LogP contribution in [-0.2, 0) is 0 Å². The molecule has 0 fully saturated rings. The molecule has 0 aliphatic heterocycles. The molecular formula is C8H15Br2N3S. The van der Waals surface area contributed by atoms with Crippen molar-refractivity contribution < 1.29 is 0 Å². The summed E-state index contributed by atoms with van der Waals surface area (Å²) in [4.78, 5) is 8.03. The predicted octanol–water partition coefficient (Wildman–Crippen LogP) is 2.33. The van der Waals surface area contributed by atoms with Crippen molar-refractivity contribution in [1.82, 2.24) is 9.97 Å². The molecule has 1 aromatic rings.